The summed E-state index contributed by atoms with van der Waals surface area (Å²) in [7, 11) is 0. The molecule has 1 aromatic heterocycles. The number of halogens is 1. The first-order valence-electron chi connectivity index (χ1n) is 6.06. The average molecular weight is 262 g/mol. The van der Waals surface area contributed by atoms with Crippen LogP contribution in [0.4, 0.5) is 4.39 Å². The lowest BCUT2D eigenvalue weighted by atomic mass is 10.1. The molecule has 0 saturated heterocycles. The summed E-state index contributed by atoms with van der Waals surface area (Å²) in [6, 6.07) is 9.38. The molecule has 0 radical (unpaired) electrons. The molecule has 19 heavy (non-hydrogen) atoms. The third kappa shape index (κ3) is 2.88. The summed E-state index contributed by atoms with van der Waals surface area (Å²) in [6.07, 6.45) is -0.502. The van der Waals surface area contributed by atoms with E-state index >= 15 is 0 Å². The smallest absolute Gasteiger partial charge is 0.287 e. The summed E-state index contributed by atoms with van der Waals surface area (Å²) in [5.41, 5.74) is 0.154. The number of aromatic nitrogens is 2. The van der Waals surface area contributed by atoms with Gasteiger partial charge in [0.1, 0.15) is 11.9 Å². The summed E-state index contributed by atoms with van der Waals surface area (Å²) in [4.78, 5) is 18.0. The molecular formula is C14H15FN2O2. The maximum absolute atomic E-state index is 13.3. The van der Waals surface area contributed by atoms with Gasteiger partial charge >= 0.3 is 0 Å². The minimum absolute atomic E-state index is 0.0689. The molecule has 1 unspecified atom stereocenters. The van der Waals surface area contributed by atoms with Crippen molar-refractivity contribution in [3.63, 3.8) is 0 Å². The van der Waals surface area contributed by atoms with Gasteiger partial charge in [-0.05, 0) is 19.4 Å². The van der Waals surface area contributed by atoms with Crippen LogP contribution in [0, 0.1) is 12.7 Å². The minimum Gasteiger partial charge on any atom is -0.366 e. The van der Waals surface area contributed by atoms with Crippen LogP contribution in [-0.4, -0.2) is 16.6 Å². The fraction of sp³-hybridized carbons (Fsp3) is 0.286. The zero-order chi connectivity index (χ0) is 13.8. The summed E-state index contributed by atoms with van der Waals surface area (Å²) < 4.78 is 18.9. The number of aryl methyl sites for hydroxylation is 1. The van der Waals surface area contributed by atoms with E-state index in [1.807, 2.05) is 37.3 Å². The average Bonchev–Trinajstić information content (AvgIpc) is 2.42. The second kappa shape index (κ2) is 5.75. The van der Waals surface area contributed by atoms with Crippen LogP contribution >= 0.6 is 0 Å². The Kier molecular flexibility index (Phi) is 4.06. The first kappa shape index (κ1) is 13.4. The normalized spacial score (nSPS) is 12.4. The predicted octanol–water partition coefficient (Wildman–Crippen LogP) is 2.34. The zero-order valence-electron chi connectivity index (χ0n) is 10.8. The van der Waals surface area contributed by atoms with Gasteiger partial charge in [0, 0.05) is 6.61 Å². The Morgan fingerprint density at radius 3 is 2.63 bits per heavy atom. The number of rotatable bonds is 4. The molecule has 0 bridgehead atoms. The van der Waals surface area contributed by atoms with E-state index in [-0.39, 0.29) is 5.69 Å². The first-order valence-corrected chi connectivity index (χ1v) is 6.06. The molecule has 2 rings (SSSR count). The Morgan fingerprint density at radius 2 is 2.05 bits per heavy atom. The Morgan fingerprint density at radius 1 is 1.37 bits per heavy atom. The van der Waals surface area contributed by atoms with Gasteiger partial charge in [0.15, 0.2) is 0 Å². The van der Waals surface area contributed by atoms with Crippen LogP contribution in [0.15, 0.2) is 35.1 Å². The van der Waals surface area contributed by atoms with Gasteiger partial charge in [-0.25, -0.2) is 4.98 Å². The number of ether oxygens (including phenoxy) is 1. The van der Waals surface area contributed by atoms with Crippen molar-refractivity contribution in [3.8, 4) is 0 Å². The Balaban J connectivity index is 2.48. The molecule has 0 amide bonds. The Bertz CT molecular complexity index is 611. The Hall–Kier alpha value is -2.01. The second-order valence-electron chi connectivity index (χ2n) is 4.10. The number of benzene rings is 1. The third-order valence-corrected chi connectivity index (χ3v) is 2.73. The summed E-state index contributed by atoms with van der Waals surface area (Å²) in [6.45, 7) is 3.77. The van der Waals surface area contributed by atoms with Crippen molar-refractivity contribution >= 4 is 0 Å². The fourth-order valence-electron chi connectivity index (χ4n) is 1.84. The number of aromatic amines is 1. The lowest BCUT2D eigenvalue weighted by Gasteiger charge is -2.17. The predicted molar refractivity (Wildman–Crippen MR) is 69.5 cm³/mol. The lowest BCUT2D eigenvalue weighted by Crippen LogP contribution is -2.21. The van der Waals surface area contributed by atoms with Gasteiger partial charge in [-0.1, -0.05) is 30.3 Å². The second-order valence-corrected chi connectivity index (χ2v) is 4.10. The standard InChI is InChI=1S/C14H15FN2O2/c1-3-19-12(10-7-5-4-6-8-10)13-16-9(2)11(15)14(18)17-13/h4-8,12H,3H2,1-2H3,(H,16,17,18). The first-order chi connectivity index (χ1) is 9.13. The molecule has 5 heteroatoms. The van der Waals surface area contributed by atoms with Crippen LogP contribution in [0.2, 0.25) is 0 Å². The van der Waals surface area contributed by atoms with Gasteiger partial charge in [0.05, 0.1) is 5.69 Å². The maximum atomic E-state index is 13.3. The number of hydrogen-bond acceptors (Lipinski definition) is 3. The number of hydrogen-bond donors (Lipinski definition) is 1. The highest BCUT2D eigenvalue weighted by Crippen LogP contribution is 2.22. The van der Waals surface area contributed by atoms with E-state index in [2.05, 4.69) is 9.97 Å². The molecule has 0 aliphatic heterocycles. The number of H-pyrrole nitrogens is 1. The van der Waals surface area contributed by atoms with Crippen molar-refractivity contribution in [2.45, 2.75) is 20.0 Å². The molecule has 0 aliphatic carbocycles. The summed E-state index contributed by atoms with van der Waals surface area (Å²) in [5, 5.41) is 0. The zero-order valence-corrected chi connectivity index (χ0v) is 10.8. The lowest BCUT2D eigenvalue weighted by molar-refractivity contribution is 0.0846. The van der Waals surface area contributed by atoms with Crippen molar-refractivity contribution in [2.75, 3.05) is 6.61 Å². The quantitative estimate of drug-likeness (QED) is 0.920. The van der Waals surface area contributed by atoms with Gasteiger partial charge < -0.3 is 9.72 Å². The highest BCUT2D eigenvalue weighted by Gasteiger charge is 2.18. The molecule has 1 heterocycles. The highest BCUT2D eigenvalue weighted by molar-refractivity contribution is 5.23. The molecule has 100 valence electrons. The molecule has 0 spiro atoms. The molecule has 1 aromatic carbocycles. The van der Waals surface area contributed by atoms with Crippen molar-refractivity contribution in [2.24, 2.45) is 0 Å². The minimum atomic E-state index is -0.855. The topological polar surface area (TPSA) is 55.0 Å². The van der Waals surface area contributed by atoms with Crippen molar-refractivity contribution in [3.05, 3.63) is 63.6 Å². The van der Waals surface area contributed by atoms with Gasteiger partial charge in [-0.3, -0.25) is 4.79 Å². The van der Waals surface area contributed by atoms with E-state index in [9.17, 15) is 9.18 Å². The van der Waals surface area contributed by atoms with Crippen LogP contribution in [0.3, 0.4) is 0 Å². The van der Waals surface area contributed by atoms with Crippen LogP contribution in [0.5, 0.6) is 0 Å². The van der Waals surface area contributed by atoms with E-state index in [0.29, 0.717) is 12.4 Å². The molecule has 0 aliphatic rings. The van der Waals surface area contributed by atoms with E-state index in [4.69, 9.17) is 4.74 Å². The van der Waals surface area contributed by atoms with Gasteiger partial charge in [0.2, 0.25) is 5.82 Å². The van der Waals surface area contributed by atoms with E-state index in [1.54, 1.807) is 0 Å². The molecule has 0 saturated carbocycles. The van der Waals surface area contributed by atoms with Crippen LogP contribution < -0.4 is 5.56 Å². The fourth-order valence-corrected chi connectivity index (χ4v) is 1.84. The molecule has 2 aromatic rings. The monoisotopic (exact) mass is 262 g/mol. The summed E-state index contributed by atoms with van der Waals surface area (Å²) >= 11 is 0. The van der Waals surface area contributed by atoms with Crippen molar-refractivity contribution < 1.29 is 9.13 Å². The number of nitrogens with zero attached hydrogens (tertiary/aromatic N) is 1. The van der Waals surface area contributed by atoms with Crippen LogP contribution in [0.25, 0.3) is 0 Å². The van der Waals surface area contributed by atoms with E-state index in [0.717, 1.165) is 5.56 Å². The van der Waals surface area contributed by atoms with Crippen molar-refractivity contribution in [1.29, 1.82) is 0 Å². The van der Waals surface area contributed by atoms with Gasteiger partial charge in [0.25, 0.3) is 5.56 Å². The van der Waals surface area contributed by atoms with Crippen LogP contribution in [0.1, 0.15) is 30.1 Å². The Labute approximate surface area is 110 Å². The number of nitrogens with one attached hydrogen (secondary N) is 1. The molecule has 1 N–H and O–H groups in total. The largest absolute Gasteiger partial charge is 0.366 e. The maximum Gasteiger partial charge on any atom is 0.287 e. The van der Waals surface area contributed by atoms with Crippen LogP contribution in [-0.2, 0) is 4.74 Å². The van der Waals surface area contributed by atoms with E-state index in [1.165, 1.54) is 6.92 Å². The van der Waals surface area contributed by atoms with E-state index < -0.39 is 17.5 Å². The van der Waals surface area contributed by atoms with Gasteiger partial charge in [-0.2, -0.15) is 4.39 Å². The SMILES string of the molecule is CCOC(c1ccccc1)c1nc(C)c(F)c(=O)[nH]1. The molecule has 1 atom stereocenters. The molecular weight excluding hydrogens is 247 g/mol. The summed E-state index contributed by atoms with van der Waals surface area (Å²) in [5.74, 6) is -0.538. The third-order valence-electron chi connectivity index (χ3n) is 2.73. The van der Waals surface area contributed by atoms with Crippen molar-refractivity contribution in [1.82, 2.24) is 9.97 Å². The molecule has 0 fully saturated rings. The van der Waals surface area contributed by atoms with Gasteiger partial charge in [-0.15, -0.1) is 0 Å². The highest BCUT2D eigenvalue weighted by atomic mass is 19.1. The molecule has 4 nitrogen and oxygen atoms in total.